The van der Waals surface area contributed by atoms with Crippen LogP contribution in [-0.2, 0) is 4.79 Å². The first-order chi connectivity index (χ1) is 13.3. The number of likely N-dealkylation sites (tertiary alicyclic amines) is 1. The maximum atomic E-state index is 12.8. The Labute approximate surface area is 168 Å². The van der Waals surface area contributed by atoms with E-state index in [4.69, 9.17) is 0 Å². The standard InChI is InChI=1S/C21H23N3OS2/c1-2-16-10-6-7-11-24(16)19(25)13-26-20-17-12-18(15-8-4-3-5-9-15)27-21(17)23-14-22-20/h3-5,8-9,12,14,16H,2,6-7,10-11,13H2,1H3/t16-/m1/s1. The summed E-state index contributed by atoms with van der Waals surface area (Å²) in [6, 6.07) is 12.9. The van der Waals surface area contributed by atoms with Gasteiger partial charge in [0.15, 0.2) is 0 Å². The number of carbonyl (C=O) groups is 1. The molecule has 3 aromatic rings. The summed E-state index contributed by atoms with van der Waals surface area (Å²) in [5, 5.41) is 1.95. The average molecular weight is 398 g/mol. The van der Waals surface area contributed by atoms with Crippen molar-refractivity contribution in [3.8, 4) is 10.4 Å². The minimum absolute atomic E-state index is 0.233. The van der Waals surface area contributed by atoms with Crippen LogP contribution in [0.5, 0.6) is 0 Å². The Balaban J connectivity index is 1.52. The Hall–Kier alpha value is -1.92. The minimum Gasteiger partial charge on any atom is -0.339 e. The lowest BCUT2D eigenvalue weighted by Gasteiger charge is -2.35. The van der Waals surface area contributed by atoms with Crippen molar-refractivity contribution in [3.05, 3.63) is 42.7 Å². The van der Waals surface area contributed by atoms with Gasteiger partial charge in [-0.25, -0.2) is 9.97 Å². The third-order valence-corrected chi connectivity index (χ3v) is 7.18. The largest absolute Gasteiger partial charge is 0.339 e. The van der Waals surface area contributed by atoms with Crippen molar-refractivity contribution in [1.82, 2.24) is 14.9 Å². The van der Waals surface area contributed by atoms with Crippen molar-refractivity contribution in [2.75, 3.05) is 12.3 Å². The highest BCUT2D eigenvalue weighted by atomic mass is 32.2. The van der Waals surface area contributed by atoms with E-state index >= 15 is 0 Å². The highest BCUT2D eigenvalue weighted by Crippen LogP contribution is 2.36. The van der Waals surface area contributed by atoms with E-state index in [2.05, 4.69) is 40.0 Å². The number of benzene rings is 1. The molecule has 140 valence electrons. The van der Waals surface area contributed by atoms with Gasteiger partial charge < -0.3 is 4.90 Å². The van der Waals surface area contributed by atoms with E-state index in [1.54, 1.807) is 17.7 Å². The van der Waals surface area contributed by atoms with E-state index in [0.717, 1.165) is 41.0 Å². The minimum atomic E-state index is 0.233. The number of hydrogen-bond acceptors (Lipinski definition) is 5. The predicted octanol–water partition coefficient (Wildman–Crippen LogP) is 5.24. The molecule has 0 saturated carbocycles. The van der Waals surface area contributed by atoms with E-state index in [0.29, 0.717) is 11.8 Å². The van der Waals surface area contributed by atoms with E-state index in [1.807, 2.05) is 18.2 Å². The maximum absolute atomic E-state index is 12.8. The van der Waals surface area contributed by atoms with Crippen molar-refractivity contribution in [3.63, 3.8) is 0 Å². The molecule has 1 amide bonds. The molecule has 0 bridgehead atoms. The van der Waals surface area contributed by atoms with Crippen LogP contribution in [0.15, 0.2) is 47.8 Å². The van der Waals surface area contributed by atoms with Crippen LogP contribution in [0.4, 0.5) is 0 Å². The lowest BCUT2D eigenvalue weighted by molar-refractivity contribution is -0.132. The maximum Gasteiger partial charge on any atom is 0.233 e. The number of hydrogen-bond donors (Lipinski definition) is 0. The second-order valence-electron chi connectivity index (χ2n) is 6.81. The SMILES string of the molecule is CC[C@@H]1CCCCN1C(=O)CSc1ncnc2sc(-c3ccccc3)cc12. The molecule has 4 rings (SSSR count). The summed E-state index contributed by atoms with van der Waals surface area (Å²) in [7, 11) is 0. The molecule has 1 saturated heterocycles. The number of piperidine rings is 1. The molecular formula is C21H23N3OS2. The van der Waals surface area contributed by atoms with Gasteiger partial charge in [0.25, 0.3) is 0 Å². The number of aromatic nitrogens is 2. The van der Waals surface area contributed by atoms with Crippen LogP contribution in [0.25, 0.3) is 20.7 Å². The summed E-state index contributed by atoms with van der Waals surface area (Å²) < 4.78 is 0. The van der Waals surface area contributed by atoms with E-state index in [1.165, 1.54) is 28.6 Å². The van der Waals surface area contributed by atoms with Gasteiger partial charge in [-0.05, 0) is 37.3 Å². The first-order valence-corrected chi connectivity index (χ1v) is 11.3. The smallest absolute Gasteiger partial charge is 0.233 e. The molecule has 0 spiro atoms. The first kappa shape index (κ1) is 18.4. The highest BCUT2D eigenvalue weighted by Gasteiger charge is 2.25. The number of rotatable bonds is 5. The summed E-state index contributed by atoms with van der Waals surface area (Å²) in [6.07, 6.45) is 6.14. The summed E-state index contributed by atoms with van der Waals surface area (Å²) in [5.74, 6) is 0.677. The average Bonchev–Trinajstić information content (AvgIpc) is 3.17. The molecule has 2 aromatic heterocycles. The molecule has 0 unspecified atom stereocenters. The quantitative estimate of drug-likeness (QED) is 0.436. The van der Waals surface area contributed by atoms with Gasteiger partial charge >= 0.3 is 0 Å². The van der Waals surface area contributed by atoms with Crippen LogP contribution >= 0.6 is 23.1 Å². The fraction of sp³-hybridized carbons (Fsp3) is 0.381. The lowest BCUT2D eigenvalue weighted by atomic mass is 10.0. The second kappa shape index (κ2) is 8.40. The number of fused-ring (bicyclic) bond motifs is 1. The molecule has 4 nitrogen and oxygen atoms in total. The molecule has 3 heterocycles. The van der Waals surface area contributed by atoms with Crippen LogP contribution in [0.3, 0.4) is 0 Å². The number of carbonyl (C=O) groups excluding carboxylic acids is 1. The van der Waals surface area contributed by atoms with Crippen molar-refractivity contribution in [2.45, 2.75) is 43.7 Å². The monoisotopic (exact) mass is 397 g/mol. The van der Waals surface area contributed by atoms with Crippen molar-refractivity contribution < 1.29 is 4.79 Å². The number of amides is 1. The Bertz CT molecular complexity index is 926. The number of thioether (sulfide) groups is 1. The van der Waals surface area contributed by atoms with Crippen LogP contribution in [0, 0.1) is 0 Å². The van der Waals surface area contributed by atoms with E-state index < -0.39 is 0 Å². The zero-order chi connectivity index (χ0) is 18.6. The number of nitrogens with zero attached hydrogens (tertiary/aromatic N) is 3. The van der Waals surface area contributed by atoms with Gasteiger partial charge in [-0.2, -0.15) is 0 Å². The van der Waals surface area contributed by atoms with Crippen molar-refractivity contribution in [1.29, 1.82) is 0 Å². The van der Waals surface area contributed by atoms with Gasteiger partial charge in [0.05, 0.1) is 5.75 Å². The Morgan fingerprint density at radius 2 is 2.11 bits per heavy atom. The van der Waals surface area contributed by atoms with Gasteiger partial charge in [-0.15, -0.1) is 11.3 Å². The molecule has 0 aliphatic carbocycles. The van der Waals surface area contributed by atoms with Gasteiger partial charge in [-0.1, -0.05) is 49.0 Å². The summed E-state index contributed by atoms with van der Waals surface area (Å²) in [6.45, 7) is 3.07. The predicted molar refractivity (Wildman–Crippen MR) is 113 cm³/mol. The van der Waals surface area contributed by atoms with Crippen LogP contribution in [0.1, 0.15) is 32.6 Å². The van der Waals surface area contributed by atoms with Gasteiger partial charge in [0.1, 0.15) is 16.2 Å². The van der Waals surface area contributed by atoms with E-state index in [-0.39, 0.29) is 5.91 Å². The molecule has 0 radical (unpaired) electrons. The normalized spacial score (nSPS) is 17.4. The number of thiophene rings is 1. The molecule has 1 atom stereocenters. The third kappa shape index (κ3) is 4.01. The second-order valence-corrected chi connectivity index (χ2v) is 8.80. The lowest BCUT2D eigenvalue weighted by Crippen LogP contribution is -2.44. The Morgan fingerprint density at radius 3 is 2.93 bits per heavy atom. The first-order valence-electron chi connectivity index (χ1n) is 9.48. The summed E-state index contributed by atoms with van der Waals surface area (Å²) >= 11 is 3.21. The van der Waals surface area contributed by atoms with Gasteiger partial charge in [-0.3, -0.25) is 4.79 Å². The Kier molecular flexibility index (Phi) is 5.74. The molecule has 1 fully saturated rings. The molecular weight excluding hydrogens is 374 g/mol. The van der Waals surface area contributed by atoms with Crippen LogP contribution < -0.4 is 0 Å². The third-order valence-electron chi connectivity index (χ3n) is 5.10. The molecule has 1 aromatic carbocycles. The molecule has 6 heteroatoms. The van der Waals surface area contributed by atoms with Gasteiger partial charge in [0.2, 0.25) is 5.91 Å². The zero-order valence-electron chi connectivity index (χ0n) is 15.4. The van der Waals surface area contributed by atoms with Crippen molar-refractivity contribution >= 4 is 39.2 Å². The molecule has 1 aliphatic rings. The van der Waals surface area contributed by atoms with Gasteiger partial charge in [0, 0.05) is 22.8 Å². The molecule has 1 aliphatic heterocycles. The molecule has 27 heavy (non-hydrogen) atoms. The van der Waals surface area contributed by atoms with E-state index in [9.17, 15) is 4.79 Å². The van der Waals surface area contributed by atoms with Crippen LogP contribution in [-0.4, -0.2) is 39.1 Å². The fourth-order valence-electron chi connectivity index (χ4n) is 3.66. The molecule has 0 N–H and O–H groups in total. The fourth-order valence-corrected chi connectivity index (χ4v) is 5.59. The summed E-state index contributed by atoms with van der Waals surface area (Å²) in [5.41, 5.74) is 1.19. The highest BCUT2D eigenvalue weighted by molar-refractivity contribution is 8.00. The van der Waals surface area contributed by atoms with Crippen molar-refractivity contribution in [2.24, 2.45) is 0 Å². The Morgan fingerprint density at radius 1 is 1.26 bits per heavy atom. The zero-order valence-corrected chi connectivity index (χ0v) is 17.1. The topological polar surface area (TPSA) is 46.1 Å². The summed E-state index contributed by atoms with van der Waals surface area (Å²) in [4.78, 5) is 25.9. The van der Waals surface area contributed by atoms with Crippen LogP contribution in [0.2, 0.25) is 0 Å².